The van der Waals surface area contributed by atoms with E-state index in [1.165, 1.54) is 0 Å². The number of allylic oxidation sites excluding steroid dienone is 1. The summed E-state index contributed by atoms with van der Waals surface area (Å²) in [6.45, 7) is -0.917. The van der Waals surface area contributed by atoms with Crippen molar-refractivity contribution in [2.75, 3.05) is 13.2 Å². The molecule has 0 aromatic heterocycles. The van der Waals surface area contributed by atoms with Crippen LogP contribution in [-0.2, 0) is 19.0 Å². The Bertz CT molecular complexity index is 600. The van der Waals surface area contributed by atoms with Gasteiger partial charge in [-0.15, -0.1) is 0 Å². The van der Waals surface area contributed by atoms with E-state index in [0.29, 0.717) is 12.0 Å². The SMILES string of the molecule is O=C(O)C1=CO[C@@H](OC2OC(CO)C(O)C(O)C2O)[C@@H]2C(CO)=CC[C@H]12. The third-order valence-electron chi connectivity index (χ3n) is 5.06. The summed E-state index contributed by atoms with van der Waals surface area (Å²) in [5.74, 6) is -2.22. The van der Waals surface area contributed by atoms with Crippen molar-refractivity contribution >= 4 is 5.97 Å². The van der Waals surface area contributed by atoms with Crippen LogP contribution in [0.2, 0.25) is 0 Å². The molecule has 8 atom stereocenters. The van der Waals surface area contributed by atoms with Crippen LogP contribution in [0.25, 0.3) is 0 Å². The van der Waals surface area contributed by atoms with E-state index in [9.17, 15) is 35.4 Å². The van der Waals surface area contributed by atoms with Crippen LogP contribution in [0, 0.1) is 11.8 Å². The molecule has 0 radical (unpaired) electrons. The summed E-state index contributed by atoms with van der Waals surface area (Å²) in [6.07, 6.45) is -5.21. The Balaban J connectivity index is 1.80. The molecule has 1 saturated heterocycles. The molecule has 146 valence electrons. The highest BCUT2D eigenvalue weighted by atomic mass is 16.8. The smallest absolute Gasteiger partial charge is 0.335 e. The predicted molar refractivity (Wildman–Crippen MR) is 82.2 cm³/mol. The molecule has 0 spiro atoms. The molecule has 3 rings (SSSR count). The fourth-order valence-corrected chi connectivity index (χ4v) is 3.62. The molecule has 5 unspecified atom stereocenters. The van der Waals surface area contributed by atoms with Gasteiger partial charge >= 0.3 is 5.97 Å². The summed E-state index contributed by atoms with van der Waals surface area (Å²) in [4.78, 5) is 11.4. The number of carboxylic acids is 1. The third kappa shape index (κ3) is 3.25. The van der Waals surface area contributed by atoms with Gasteiger partial charge in [0.1, 0.15) is 24.4 Å². The van der Waals surface area contributed by atoms with Crippen LogP contribution in [0.1, 0.15) is 6.42 Å². The van der Waals surface area contributed by atoms with Crippen LogP contribution in [0.4, 0.5) is 0 Å². The third-order valence-corrected chi connectivity index (χ3v) is 5.06. The van der Waals surface area contributed by atoms with E-state index in [1.54, 1.807) is 6.08 Å². The maximum absolute atomic E-state index is 11.4. The lowest BCUT2D eigenvalue weighted by Crippen LogP contribution is -2.60. The van der Waals surface area contributed by atoms with Gasteiger partial charge in [-0.25, -0.2) is 4.79 Å². The highest BCUT2D eigenvalue weighted by molar-refractivity contribution is 5.87. The van der Waals surface area contributed by atoms with Gasteiger partial charge in [-0.3, -0.25) is 0 Å². The highest BCUT2D eigenvalue weighted by Gasteiger charge is 2.49. The Morgan fingerprint density at radius 3 is 2.50 bits per heavy atom. The minimum Gasteiger partial charge on any atom is -0.478 e. The van der Waals surface area contributed by atoms with E-state index in [1.807, 2.05) is 0 Å². The van der Waals surface area contributed by atoms with Crippen LogP contribution < -0.4 is 0 Å². The monoisotopic (exact) mass is 374 g/mol. The molecule has 0 aromatic rings. The molecule has 2 aliphatic heterocycles. The zero-order chi connectivity index (χ0) is 19.0. The number of aliphatic hydroxyl groups is 5. The molecule has 6 N–H and O–H groups in total. The first kappa shape index (κ1) is 19.2. The van der Waals surface area contributed by atoms with E-state index in [4.69, 9.17) is 14.2 Å². The van der Waals surface area contributed by atoms with Crippen molar-refractivity contribution in [2.24, 2.45) is 11.8 Å². The second-order valence-corrected chi connectivity index (χ2v) is 6.52. The maximum atomic E-state index is 11.4. The molecule has 1 fully saturated rings. The number of fused-ring (bicyclic) bond motifs is 1. The molecule has 0 saturated carbocycles. The first-order chi connectivity index (χ1) is 12.4. The number of hydrogen-bond acceptors (Lipinski definition) is 9. The number of hydrogen-bond donors (Lipinski definition) is 6. The summed E-state index contributed by atoms with van der Waals surface area (Å²) >= 11 is 0. The second kappa shape index (κ2) is 7.61. The largest absolute Gasteiger partial charge is 0.478 e. The van der Waals surface area contributed by atoms with Crippen LogP contribution in [-0.4, -0.2) is 86.8 Å². The Morgan fingerprint density at radius 2 is 1.88 bits per heavy atom. The van der Waals surface area contributed by atoms with E-state index >= 15 is 0 Å². The Labute approximate surface area is 148 Å². The van der Waals surface area contributed by atoms with Crippen LogP contribution in [0.5, 0.6) is 0 Å². The van der Waals surface area contributed by atoms with Crippen LogP contribution >= 0.6 is 0 Å². The highest BCUT2D eigenvalue weighted by Crippen LogP contribution is 2.44. The van der Waals surface area contributed by atoms with Crippen molar-refractivity contribution in [3.8, 4) is 0 Å². The van der Waals surface area contributed by atoms with Gasteiger partial charge in [0.15, 0.2) is 6.29 Å². The van der Waals surface area contributed by atoms with Gasteiger partial charge in [0.05, 0.1) is 31.0 Å². The summed E-state index contributed by atoms with van der Waals surface area (Å²) in [6, 6.07) is 0. The van der Waals surface area contributed by atoms with E-state index in [-0.39, 0.29) is 12.2 Å². The standard InChI is InChI=1S/C16H22O10/c17-3-6-1-2-7-8(14(22)23)5-24-15(10(6)7)26-16-13(21)12(20)11(19)9(4-18)25-16/h1,5,7,9-13,15-21H,2-4H2,(H,22,23)/t7-,9?,10-,11?,12?,13?,15+,16?/m1/s1. The summed E-state index contributed by atoms with van der Waals surface area (Å²) < 4.78 is 16.3. The van der Waals surface area contributed by atoms with Crippen molar-refractivity contribution in [3.05, 3.63) is 23.5 Å². The number of rotatable bonds is 5. The Kier molecular flexibility index (Phi) is 5.63. The molecular formula is C16H22O10. The summed E-state index contributed by atoms with van der Waals surface area (Å²) in [5.41, 5.74) is 0.583. The first-order valence-electron chi connectivity index (χ1n) is 8.23. The van der Waals surface area contributed by atoms with E-state index in [0.717, 1.165) is 6.26 Å². The van der Waals surface area contributed by atoms with Crippen molar-refractivity contribution in [2.45, 2.75) is 43.4 Å². The lowest BCUT2D eigenvalue weighted by Gasteiger charge is -2.42. The van der Waals surface area contributed by atoms with Gasteiger partial charge < -0.3 is 44.8 Å². The molecule has 10 nitrogen and oxygen atoms in total. The van der Waals surface area contributed by atoms with Gasteiger partial charge in [-0.05, 0) is 12.0 Å². The van der Waals surface area contributed by atoms with Crippen molar-refractivity contribution < 1.29 is 49.6 Å². The topological polar surface area (TPSA) is 166 Å². The predicted octanol–water partition coefficient (Wildman–Crippen LogP) is -2.32. The molecule has 3 aliphatic rings. The van der Waals surface area contributed by atoms with Crippen molar-refractivity contribution in [3.63, 3.8) is 0 Å². The first-order valence-corrected chi connectivity index (χ1v) is 8.23. The van der Waals surface area contributed by atoms with Crippen molar-refractivity contribution in [1.82, 2.24) is 0 Å². The molecule has 0 amide bonds. The maximum Gasteiger partial charge on any atom is 0.335 e. The molecule has 1 aliphatic carbocycles. The quantitative estimate of drug-likeness (QED) is 0.288. The average molecular weight is 374 g/mol. The normalized spacial score (nSPS) is 42.5. The van der Waals surface area contributed by atoms with Crippen molar-refractivity contribution in [1.29, 1.82) is 0 Å². The van der Waals surface area contributed by atoms with E-state index < -0.39 is 61.4 Å². The zero-order valence-corrected chi connectivity index (χ0v) is 13.7. The van der Waals surface area contributed by atoms with Gasteiger partial charge in [0, 0.05) is 5.92 Å². The molecule has 0 bridgehead atoms. The number of carboxylic acid groups (broad SMARTS) is 1. The summed E-state index contributed by atoms with van der Waals surface area (Å²) in [5, 5.41) is 57.8. The number of ether oxygens (including phenoxy) is 3. The van der Waals surface area contributed by atoms with E-state index in [2.05, 4.69) is 0 Å². The molecule has 2 heterocycles. The zero-order valence-electron chi connectivity index (χ0n) is 13.7. The second-order valence-electron chi connectivity index (χ2n) is 6.52. The minimum atomic E-state index is -1.61. The number of aliphatic hydroxyl groups excluding tert-OH is 5. The molecule has 10 heteroatoms. The number of aliphatic carboxylic acids is 1. The Hall–Kier alpha value is -1.53. The molecular weight excluding hydrogens is 352 g/mol. The minimum absolute atomic E-state index is 0.0448. The van der Waals surface area contributed by atoms with Gasteiger partial charge in [-0.1, -0.05) is 6.08 Å². The van der Waals surface area contributed by atoms with Gasteiger partial charge in [-0.2, -0.15) is 0 Å². The van der Waals surface area contributed by atoms with Crippen LogP contribution in [0.15, 0.2) is 23.5 Å². The van der Waals surface area contributed by atoms with Gasteiger partial charge in [0.2, 0.25) is 6.29 Å². The summed E-state index contributed by atoms with van der Waals surface area (Å²) in [7, 11) is 0. The number of carbonyl (C=O) groups is 1. The fourth-order valence-electron chi connectivity index (χ4n) is 3.62. The van der Waals surface area contributed by atoms with Crippen LogP contribution in [0.3, 0.4) is 0 Å². The molecule has 0 aromatic carbocycles. The average Bonchev–Trinajstić information content (AvgIpc) is 3.06. The lowest BCUT2D eigenvalue weighted by molar-refractivity contribution is -0.339. The fraction of sp³-hybridized carbons (Fsp3) is 0.688. The lowest BCUT2D eigenvalue weighted by atomic mass is 9.83. The van der Waals surface area contributed by atoms with Gasteiger partial charge in [0.25, 0.3) is 0 Å². The Morgan fingerprint density at radius 1 is 1.15 bits per heavy atom. The molecule has 26 heavy (non-hydrogen) atoms.